The number of benzene rings is 2. The molecule has 2 aromatic rings. The van der Waals surface area contributed by atoms with E-state index in [1.807, 2.05) is 6.07 Å². The maximum absolute atomic E-state index is 6.03. The number of nitrogens with one attached hydrogen (secondary N) is 1. The highest BCUT2D eigenvalue weighted by Crippen LogP contribution is 2.50. The first-order valence-corrected chi connectivity index (χ1v) is 7.48. The smallest absolute Gasteiger partial charge is 0.120 e. The fourth-order valence-corrected chi connectivity index (χ4v) is 3.57. The standard InChI is InChI=1S/C18H19NO2/c1-20-13-7-8-14-16(11-13)19-17(12-5-3-2-4-6-12)15-9-10-21-18(14)15/h2-8,11,15,17-19H,9-10H2,1H3/t15?,17-,18?/m1/s1. The summed E-state index contributed by atoms with van der Waals surface area (Å²) in [5.74, 6) is 1.37. The van der Waals surface area contributed by atoms with E-state index < -0.39 is 0 Å². The molecule has 108 valence electrons. The van der Waals surface area contributed by atoms with Crippen molar-refractivity contribution >= 4 is 5.69 Å². The summed E-state index contributed by atoms with van der Waals surface area (Å²) in [5.41, 5.74) is 3.71. The molecule has 0 spiro atoms. The Morgan fingerprint density at radius 3 is 2.81 bits per heavy atom. The third-order valence-corrected chi connectivity index (χ3v) is 4.60. The van der Waals surface area contributed by atoms with Gasteiger partial charge in [0.15, 0.2) is 0 Å². The number of rotatable bonds is 2. The molecule has 2 aromatic carbocycles. The van der Waals surface area contributed by atoms with Crippen LogP contribution in [0.25, 0.3) is 0 Å². The third-order valence-electron chi connectivity index (χ3n) is 4.60. The van der Waals surface area contributed by atoms with Gasteiger partial charge in [0.1, 0.15) is 5.75 Å². The average molecular weight is 281 g/mol. The van der Waals surface area contributed by atoms with Crippen molar-refractivity contribution in [3.63, 3.8) is 0 Å². The van der Waals surface area contributed by atoms with Crippen LogP contribution in [0.3, 0.4) is 0 Å². The molecule has 1 N–H and O–H groups in total. The van der Waals surface area contributed by atoms with E-state index in [1.165, 1.54) is 11.1 Å². The van der Waals surface area contributed by atoms with Crippen molar-refractivity contribution in [1.82, 2.24) is 0 Å². The quantitative estimate of drug-likeness (QED) is 0.904. The molecule has 4 rings (SSSR count). The van der Waals surface area contributed by atoms with Gasteiger partial charge in [-0.3, -0.25) is 0 Å². The molecule has 0 aliphatic carbocycles. The highest BCUT2D eigenvalue weighted by molar-refractivity contribution is 5.60. The zero-order valence-electron chi connectivity index (χ0n) is 12.1. The van der Waals surface area contributed by atoms with E-state index >= 15 is 0 Å². The van der Waals surface area contributed by atoms with Crippen LogP contribution in [0.4, 0.5) is 5.69 Å². The maximum atomic E-state index is 6.03. The molecule has 2 heterocycles. The molecule has 0 radical (unpaired) electrons. The summed E-state index contributed by atoms with van der Waals surface area (Å²) >= 11 is 0. The first kappa shape index (κ1) is 12.7. The van der Waals surface area contributed by atoms with E-state index in [4.69, 9.17) is 9.47 Å². The van der Waals surface area contributed by atoms with Gasteiger partial charge in [-0.1, -0.05) is 36.4 Å². The van der Waals surface area contributed by atoms with E-state index in [1.54, 1.807) is 7.11 Å². The summed E-state index contributed by atoms with van der Waals surface area (Å²) in [6.45, 7) is 0.839. The Bertz CT molecular complexity index is 641. The Labute approximate surface area is 124 Å². The van der Waals surface area contributed by atoms with E-state index in [9.17, 15) is 0 Å². The van der Waals surface area contributed by atoms with Crippen molar-refractivity contribution in [2.24, 2.45) is 5.92 Å². The summed E-state index contributed by atoms with van der Waals surface area (Å²) in [5, 5.41) is 3.70. The molecule has 2 aliphatic rings. The minimum atomic E-state index is 0.192. The van der Waals surface area contributed by atoms with Gasteiger partial charge in [-0.05, 0) is 18.1 Å². The van der Waals surface area contributed by atoms with Crippen molar-refractivity contribution < 1.29 is 9.47 Å². The summed E-state index contributed by atoms with van der Waals surface area (Å²) < 4.78 is 11.4. The van der Waals surface area contributed by atoms with Gasteiger partial charge in [0.25, 0.3) is 0 Å². The number of fused-ring (bicyclic) bond motifs is 3. The lowest BCUT2D eigenvalue weighted by molar-refractivity contribution is 0.0829. The van der Waals surface area contributed by atoms with Crippen LogP contribution in [-0.4, -0.2) is 13.7 Å². The third kappa shape index (κ3) is 2.09. The number of hydrogen-bond acceptors (Lipinski definition) is 3. The molecular weight excluding hydrogens is 262 g/mol. The Balaban J connectivity index is 1.77. The second-order valence-electron chi connectivity index (χ2n) is 5.73. The molecule has 3 heteroatoms. The average Bonchev–Trinajstić information content (AvgIpc) is 3.04. The first-order chi connectivity index (χ1) is 10.4. The molecule has 1 saturated heterocycles. The van der Waals surface area contributed by atoms with Crippen LogP contribution in [0.2, 0.25) is 0 Å². The SMILES string of the molecule is COc1ccc2c(c1)N[C@H](c1ccccc1)C1CCOC21. The summed E-state index contributed by atoms with van der Waals surface area (Å²) in [7, 11) is 1.70. The Kier molecular flexibility index (Phi) is 3.08. The maximum Gasteiger partial charge on any atom is 0.120 e. The van der Waals surface area contributed by atoms with Crippen LogP contribution >= 0.6 is 0 Å². The molecular formula is C18H19NO2. The second-order valence-corrected chi connectivity index (χ2v) is 5.73. The van der Waals surface area contributed by atoms with Crippen molar-refractivity contribution in [2.75, 3.05) is 19.0 Å². The van der Waals surface area contributed by atoms with E-state index in [-0.39, 0.29) is 6.10 Å². The molecule has 2 aliphatic heterocycles. The Morgan fingerprint density at radius 1 is 1.14 bits per heavy atom. The fraction of sp³-hybridized carbons (Fsp3) is 0.333. The summed E-state index contributed by atoms with van der Waals surface area (Å²) in [4.78, 5) is 0. The minimum absolute atomic E-state index is 0.192. The number of anilines is 1. The van der Waals surface area contributed by atoms with Crippen LogP contribution in [0.15, 0.2) is 48.5 Å². The van der Waals surface area contributed by atoms with Gasteiger partial charge in [0.05, 0.1) is 19.3 Å². The molecule has 0 saturated carbocycles. The van der Waals surface area contributed by atoms with Gasteiger partial charge in [-0.2, -0.15) is 0 Å². The molecule has 0 aromatic heterocycles. The van der Waals surface area contributed by atoms with Gasteiger partial charge >= 0.3 is 0 Å². The van der Waals surface area contributed by atoms with Gasteiger partial charge in [0, 0.05) is 29.8 Å². The minimum Gasteiger partial charge on any atom is -0.497 e. The van der Waals surface area contributed by atoms with Crippen LogP contribution in [-0.2, 0) is 4.74 Å². The predicted octanol–water partition coefficient (Wildman–Crippen LogP) is 3.94. The van der Waals surface area contributed by atoms with Crippen LogP contribution in [0, 0.1) is 5.92 Å². The van der Waals surface area contributed by atoms with Gasteiger partial charge < -0.3 is 14.8 Å². The molecule has 1 fully saturated rings. The summed E-state index contributed by atoms with van der Waals surface area (Å²) in [6, 6.07) is 17.2. The van der Waals surface area contributed by atoms with Crippen molar-refractivity contribution in [1.29, 1.82) is 0 Å². The highest BCUT2D eigenvalue weighted by atomic mass is 16.5. The van der Waals surface area contributed by atoms with Gasteiger partial charge in [0.2, 0.25) is 0 Å². The van der Waals surface area contributed by atoms with E-state index in [0.717, 1.165) is 24.5 Å². The Hall–Kier alpha value is -2.00. The van der Waals surface area contributed by atoms with E-state index in [0.29, 0.717) is 12.0 Å². The molecule has 0 bridgehead atoms. The fourth-order valence-electron chi connectivity index (χ4n) is 3.57. The molecule has 0 amide bonds. The largest absolute Gasteiger partial charge is 0.497 e. The number of methoxy groups -OCH3 is 1. The van der Waals surface area contributed by atoms with Crippen LogP contribution in [0.1, 0.15) is 29.7 Å². The Morgan fingerprint density at radius 2 is 2.00 bits per heavy atom. The number of hydrogen-bond donors (Lipinski definition) is 1. The van der Waals surface area contributed by atoms with Crippen LogP contribution in [0.5, 0.6) is 5.75 Å². The monoisotopic (exact) mass is 281 g/mol. The number of ether oxygens (including phenoxy) is 2. The second kappa shape index (κ2) is 5.08. The van der Waals surface area contributed by atoms with E-state index in [2.05, 4.69) is 47.8 Å². The van der Waals surface area contributed by atoms with Crippen molar-refractivity contribution in [3.05, 3.63) is 59.7 Å². The predicted molar refractivity (Wildman–Crippen MR) is 82.6 cm³/mol. The lowest BCUT2D eigenvalue weighted by Gasteiger charge is -2.36. The van der Waals surface area contributed by atoms with Crippen LogP contribution < -0.4 is 10.1 Å². The summed E-state index contributed by atoms with van der Waals surface area (Å²) in [6.07, 6.45) is 1.29. The zero-order chi connectivity index (χ0) is 14.2. The molecule has 3 nitrogen and oxygen atoms in total. The molecule has 21 heavy (non-hydrogen) atoms. The lowest BCUT2D eigenvalue weighted by Crippen LogP contribution is -2.29. The highest BCUT2D eigenvalue weighted by Gasteiger charge is 2.41. The van der Waals surface area contributed by atoms with Crippen molar-refractivity contribution in [2.45, 2.75) is 18.6 Å². The first-order valence-electron chi connectivity index (χ1n) is 7.48. The molecule has 3 atom stereocenters. The van der Waals surface area contributed by atoms with Crippen molar-refractivity contribution in [3.8, 4) is 5.75 Å². The zero-order valence-corrected chi connectivity index (χ0v) is 12.1. The van der Waals surface area contributed by atoms with Gasteiger partial charge in [-0.25, -0.2) is 0 Å². The van der Waals surface area contributed by atoms with Gasteiger partial charge in [-0.15, -0.1) is 0 Å². The topological polar surface area (TPSA) is 30.5 Å². The molecule has 2 unspecified atom stereocenters. The lowest BCUT2D eigenvalue weighted by atomic mass is 9.81. The normalized spacial score (nSPS) is 26.6.